The van der Waals surface area contributed by atoms with E-state index in [0.717, 1.165) is 35.4 Å². The molecule has 34 heavy (non-hydrogen) atoms. The van der Waals surface area contributed by atoms with E-state index in [1.54, 1.807) is 23.0 Å². The molecule has 8 heteroatoms. The van der Waals surface area contributed by atoms with Crippen molar-refractivity contribution in [1.29, 1.82) is 0 Å². The Morgan fingerprint density at radius 1 is 1.00 bits per heavy atom. The van der Waals surface area contributed by atoms with E-state index in [2.05, 4.69) is 20.0 Å². The van der Waals surface area contributed by atoms with E-state index < -0.39 is 0 Å². The lowest BCUT2D eigenvalue weighted by Gasteiger charge is -2.28. The maximum atomic E-state index is 12.8. The van der Waals surface area contributed by atoms with E-state index >= 15 is 0 Å². The summed E-state index contributed by atoms with van der Waals surface area (Å²) in [6, 6.07) is 17.4. The van der Waals surface area contributed by atoms with Crippen LogP contribution in [0.1, 0.15) is 22.5 Å². The van der Waals surface area contributed by atoms with Crippen LogP contribution in [0.15, 0.2) is 71.4 Å². The SMILES string of the molecule is O=C(CCc1ccccc1)c1ccc2ncc(-c3cc4c(N5CCOCC5)nccc4o3)n2n1. The number of aryl methyl sites for hydroxylation is 1. The molecule has 0 bridgehead atoms. The van der Waals surface area contributed by atoms with E-state index in [1.807, 2.05) is 48.5 Å². The van der Waals surface area contributed by atoms with Crippen LogP contribution in [0.25, 0.3) is 28.1 Å². The van der Waals surface area contributed by atoms with Gasteiger partial charge in [-0.15, -0.1) is 0 Å². The Hall–Kier alpha value is -4.04. The average Bonchev–Trinajstić information content (AvgIpc) is 3.52. The van der Waals surface area contributed by atoms with Crippen LogP contribution in [-0.2, 0) is 11.2 Å². The summed E-state index contributed by atoms with van der Waals surface area (Å²) in [4.78, 5) is 24.1. The Morgan fingerprint density at radius 2 is 1.85 bits per heavy atom. The second kappa shape index (κ2) is 8.72. The van der Waals surface area contributed by atoms with Crippen LogP contribution in [0.4, 0.5) is 5.82 Å². The average molecular weight is 454 g/mol. The number of nitrogens with zero attached hydrogens (tertiary/aromatic N) is 5. The van der Waals surface area contributed by atoms with Crippen molar-refractivity contribution in [2.45, 2.75) is 12.8 Å². The molecule has 0 radical (unpaired) electrons. The molecule has 0 unspecified atom stereocenters. The molecule has 0 spiro atoms. The maximum Gasteiger partial charge on any atom is 0.183 e. The van der Waals surface area contributed by atoms with Crippen molar-refractivity contribution in [1.82, 2.24) is 19.6 Å². The highest BCUT2D eigenvalue weighted by Gasteiger charge is 2.20. The Bertz CT molecular complexity index is 1470. The van der Waals surface area contributed by atoms with Crippen molar-refractivity contribution in [2.24, 2.45) is 0 Å². The highest BCUT2D eigenvalue weighted by molar-refractivity contribution is 5.94. The number of aromatic nitrogens is 4. The van der Waals surface area contributed by atoms with Crippen LogP contribution in [-0.4, -0.2) is 51.7 Å². The molecule has 0 N–H and O–H groups in total. The number of Topliss-reactive ketones (excluding diaryl/α,β-unsaturated/α-hetero) is 1. The Morgan fingerprint density at radius 3 is 2.71 bits per heavy atom. The number of anilines is 1. The number of pyridine rings is 1. The Labute approximate surface area is 195 Å². The molecule has 0 aliphatic carbocycles. The van der Waals surface area contributed by atoms with Gasteiger partial charge in [-0.25, -0.2) is 14.5 Å². The van der Waals surface area contributed by atoms with Gasteiger partial charge in [0.15, 0.2) is 17.2 Å². The lowest BCUT2D eigenvalue weighted by molar-refractivity contribution is 0.0976. The van der Waals surface area contributed by atoms with E-state index in [1.165, 1.54) is 0 Å². The van der Waals surface area contributed by atoms with Gasteiger partial charge in [-0.2, -0.15) is 5.10 Å². The summed E-state index contributed by atoms with van der Waals surface area (Å²) in [6.45, 7) is 2.94. The van der Waals surface area contributed by atoms with E-state index in [4.69, 9.17) is 9.15 Å². The molecule has 5 heterocycles. The molecule has 170 valence electrons. The number of fused-ring (bicyclic) bond motifs is 2. The quantitative estimate of drug-likeness (QED) is 0.356. The maximum absolute atomic E-state index is 12.8. The topological polar surface area (TPSA) is 85.8 Å². The van der Waals surface area contributed by atoms with Gasteiger partial charge in [-0.3, -0.25) is 4.79 Å². The molecular weight excluding hydrogens is 430 g/mol. The number of hydrogen-bond donors (Lipinski definition) is 0. The van der Waals surface area contributed by atoms with Gasteiger partial charge in [-0.05, 0) is 36.2 Å². The summed E-state index contributed by atoms with van der Waals surface area (Å²) in [7, 11) is 0. The summed E-state index contributed by atoms with van der Waals surface area (Å²) in [5.41, 5.74) is 3.64. The predicted molar refractivity (Wildman–Crippen MR) is 128 cm³/mol. The number of hydrogen-bond acceptors (Lipinski definition) is 7. The predicted octanol–water partition coefficient (Wildman–Crippen LogP) is 4.19. The molecular formula is C26H23N5O3. The second-order valence-corrected chi connectivity index (χ2v) is 8.30. The van der Waals surface area contributed by atoms with E-state index in [0.29, 0.717) is 48.9 Å². The number of imidazole rings is 1. The largest absolute Gasteiger partial charge is 0.454 e. The monoisotopic (exact) mass is 453 g/mol. The van der Waals surface area contributed by atoms with Crippen LogP contribution >= 0.6 is 0 Å². The van der Waals surface area contributed by atoms with E-state index in [-0.39, 0.29) is 5.78 Å². The van der Waals surface area contributed by atoms with Gasteiger partial charge in [0.05, 0.1) is 24.8 Å². The number of rotatable bonds is 6. The van der Waals surface area contributed by atoms with Crippen LogP contribution < -0.4 is 4.90 Å². The molecule has 5 aromatic rings. The first-order chi connectivity index (χ1) is 16.8. The zero-order valence-corrected chi connectivity index (χ0v) is 18.6. The normalized spacial score (nSPS) is 14.2. The van der Waals surface area contributed by atoms with Gasteiger partial charge in [0.2, 0.25) is 0 Å². The minimum absolute atomic E-state index is 0.00573. The third-order valence-corrected chi connectivity index (χ3v) is 6.12. The smallest absolute Gasteiger partial charge is 0.183 e. The first kappa shape index (κ1) is 20.6. The summed E-state index contributed by atoms with van der Waals surface area (Å²) < 4.78 is 13.3. The highest BCUT2D eigenvalue weighted by Crippen LogP contribution is 2.33. The Kier molecular flexibility index (Phi) is 5.27. The number of carbonyl (C=O) groups is 1. The summed E-state index contributed by atoms with van der Waals surface area (Å²) in [6.07, 6.45) is 4.56. The van der Waals surface area contributed by atoms with Gasteiger partial charge < -0.3 is 14.1 Å². The number of ketones is 1. The van der Waals surface area contributed by atoms with Crippen molar-refractivity contribution in [3.63, 3.8) is 0 Å². The number of furan rings is 1. The van der Waals surface area contributed by atoms with Crippen LogP contribution in [0.2, 0.25) is 0 Å². The fraction of sp³-hybridized carbons (Fsp3) is 0.231. The molecule has 0 atom stereocenters. The van der Waals surface area contributed by atoms with Crippen LogP contribution in [0, 0.1) is 0 Å². The third-order valence-electron chi connectivity index (χ3n) is 6.12. The molecule has 0 saturated carbocycles. The third kappa shape index (κ3) is 3.82. The minimum Gasteiger partial charge on any atom is -0.454 e. The van der Waals surface area contributed by atoms with Gasteiger partial charge in [0.1, 0.15) is 22.8 Å². The van der Waals surface area contributed by atoms with Crippen LogP contribution in [0.5, 0.6) is 0 Å². The summed E-state index contributed by atoms with van der Waals surface area (Å²) >= 11 is 0. The highest BCUT2D eigenvalue weighted by atomic mass is 16.5. The van der Waals surface area contributed by atoms with Gasteiger partial charge in [0, 0.05) is 25.7 Å². The molecule has 1 aliphatic heterocycles. The number of morpholine rings is 1. The summed E-state index contributed by atoms with van der Waals surface area (Å²) in [5.74, 6) is 1.51. The van der Waals surface area contributed by atoms with Gasteiger partial charge in [0.25, 0.3) is 0 Å². The van der Waals surface area contributed by atoms with Gasteiger partial charge >= 0.3 is 0 Å². The van der Waals surface area contributed by atoms with Crippen molar-refractivity contribution < 1.29 is 13.9 Å². The van der Waals surface area contributed by atoms with Crippen molar-refractivity contribution >= 4 is 28.2 Å². The van der Waals surface area contributed by atoms with Gasteiger partial charge in [-0.1, -0.05) is 30.3 Å². The summed E-state index contributed by atoms with van der Waals surface area (Å²) in [5, 5.41) is 5.54. The first-order valence-corrected chi connectivity index (χ1v) is 11.4. The number of ether oxygens (including phenoxy) is 1. The lowest BCUT2D eigenvalue weighted by atomic mass is 10.1. The fourth-order valence-electron chi connectivity index (χ4n) is 4.32. The van der Waals surface area contributed by atoms with Crippen molar-refractivity contribution in [3.8, 4) is 11.5 Å². The van der Waals surface area contributed by atoms with Crippen molar-refractivity contribution in [3.05, 3.63) is 78.2 Å². The number of carbonyl (C=O) groups excluding carboxylic acids is 1. The second-order valence-electron chi connectivity index (χ2n) is 8.30. The number of benzene rings is 1. The molecule has 8 nitrogen and oxygen atoms in total. The molecule has 1 aromatic carbocycles. The zero-order chi connectivity index (χ0) is 22.9. The lowest BCUT2D eigenvalue weighted by Crippen LogP contribution is -2.36. The fourth-order valence-corrected chi connectivity index (χ4v) is 4.32. The first-order valence-electron chi connectivity index (χ1n) is 11.4. The zero-order valence-electron chi connectivity index (χ0n) is 18.6. The standard InChI is InChI=1S/C26H23N5O3/c32-22(8-6-18-4-2-1-3-5-18)20-7-9-25-28-17-21(31(25)29-20)24-16-19-23(34-24)10-11-27-26(19)30-12-14-33-15-13-30/h1-5,7,9-11,16-17H,6,8,12-15H2. The molecule has 4 aromatic heterocycles. The molecule has 1 aliphatic rings. The molecule has 1 saturated heterocycles. The molecule has 6 rings (SSSR count). The minimum atomic E-state index is -0.00573. The molecule has 1 fully saturated rings. The van der Waals surface area contributed by atoms with E-state index in [9.17, 15) is 4.79 Å². The molecule has 0 amide bonds. The Balaban J connectivity index is 1.32. The van der Waals surface area contributed by atoms with Crippen molar-refractivity contribution in [2.75, 3.05) is 31.2 Å². The van der Waals surface area contributed by atoms with Crippen LogP contribution in [0.3, 0.4) is 0 Å².